The zero-order valence-corrected chi connectivity index (χ0v) is 20.8. The molecular formula is C26H31N5O2S. The number of aromatic carboxylic acids is 1. The van der Waals surface area contributed by atoms with Crippen LogP contribution < -0.4 is 5.32 Å². The first-order chi connectivity index (χ1) is 16.3. The molecule has 1 aromatic carbocycles. The Hall–Kier alpha value is -3.23. The Labute approximate surface area is 206 Å². The monoisotopic (exact) mass is 477 g/mol. The van der Waals surface area contributed by atoms with Crippen LogP contribution in [0.1, 0.15) is 51.5 Å². The highest BCUT2D eigenvalue weighted by atomic mass is 32.1. The van der Waals surface area contributed by atoms with Gasteiger partial charge in [-0.1, -0.05) is 6.07 Å². The van der Waals surface area contributed by atoms with Gasteiger partial charge in [-0.3, -0.25) is 4.98 Å². The maximum atomic E-state index is 11.3. The molecule has 1 aliphatic rings. The molecule has 0 aliphatic carbocycles. The van der Waals surface area contributed by atoms with Crippen molar-refractivity contribution in [2.45, 2.75) is 32.4 Å². The van der Waals surface area contributed by atoms with Crippen molar-refractivity contribution in [1.29, 1.82) is 0 Å². The Kier molecular flexibility index (Phi) is 7.00. The number of carboxylic acid groups (broad SMARTS) is 1. The summed E-state index contributed by atoms with van der Waals surface area (Å²) >= 11 is 5.80. The van der Waals surface area contributed by atoms with Gasteiger partial charge in [-0.15, -0.1) is 0 Å². The fraction of sp³-hybridized carbons (Fsp3) is 0.346. The van der Waals surface area contributed by atoms with Crippen molar-refractivity contribution < 1.29 is 9.90 Å². The van der Waals surface area contributed by atoms with Crippen molar-refractivity contribution >= 4 is 23.3 Å². The first kappa shape index (κ1) is 23.9. The van der Waals surface area contributed by atoms with Crippen molar-refractivity contribution in [3.63, 3.8) is 0 Å². The third-order valence-electron chi connectivity index (χ3n) is 6.36. The standard InChI is InChI=1S/C26H31N5O2S/c1-17-16-21(18(2)31(17)20-11-9-19(10-12-20)25(32)33)24-23(22-8-5-6-13-27-22)28-26(34)30(24)15-7-14-29(3)4/h5-6,8-13,16,23-24H,7,14-15H2,1-4H3,(H,28,34)(H,32,33)/t23-,24-/m0/s1. The summed E-state index contributed by atoms with van der Waals surface area (Å²) in [5.41, 5.74) is 5.55. The summed E-state index contributed by atoms with van der Waals surface area (Å²) < 4.78 is 2.18. The number of hydrogen-bond donors (Lipinski definition) is 2. The number of thiocarbonyl (C=S) groups is 1. The summed E-state index contributed by atoms with van der Waals surface area (Å²) in [6.07, 6.45) is 2.81. The molecule has 1 fully saturated rings. The molecule has 1 aliphatic heterocycles. The molecule has 8 heteroatoms. The van der Waals surface area contributed by atoms with Crippen molar-refractivity contribution in [3.05, 3.63) is 82.9 Å². The number of rotatable bonds is 8. The van der Waals surface area contributed by atoms with E-state index in [1.54, 1.807) is 12.1 Å². The topological polar surface area (TPSA) is 73.6 Å². The summed E-state index contributed by atoms with van der Waals surface area (Å²) in [7, 11) is 4.16. The third-order valence-corrected chi connectivity index (χ3v) is 6.72. The molecule has 7 nitrogen and oxygen atoms in total. The average Bonchev–Trinajstić information content (AvgIpc) is 3.29. The predicted octanol–water partition coefficient (Wildman–Crippen LogP) is 4.11. The molecule has 1 saturated heterocycles. The van der Waals surface area contributed by atoms with E-state index in [1.165, 1.54) is 5.56 Å². The summed E-state index contributed by atoms with van der Waals surface area (Å²) in [5, 5.41) is 13.5. The van der Waals surface area contributed by atoms with Gasteiger partial charge in [0.25, 0.3) is 0 Å². The minimum atomic E-state index is -0.926. The minimum Gasteiger partial charge on any atom is -0.478 e. The van der Waals surface area contributed by atoms with E-state index in [0.29, 0.717) is 0 Å². The van der Waals surface area contributed by atoms with Crippen molar-refractivity contribution in [1.82, 2.24) is 24.7 Å². The minimum absolute atomic E-state index is 0.00260. The summed E-state index contributed by atoms with van der Waals surface area (Å²) in [5.74, 6) is -0.926. The van der Waals surface area contributed by atoms with E-state index in [2.05, 4.69) is 58.7 Å². The van der Waals surface area contributed by atoms with Crippen LogP contribution in [0.25, 0.3) is 5.69 Å². The van der Waals surface area contributed by atoms with Gasteiger partial charge in [0.15, 0.2) is 5.11 Å². The van der Waals surface area contributed by atoms with Gasteiger partial charge in [0.1, 0.15) is 0 Å². The number of nitrogens with one attached hydrogen (secondary N) is 1. The Morgan fingerprint density at radius 2 is 1.91 bits per heavy atom. The number of aryl methyl sites for hydroxylation is 1. The lowest BCUT2D eigenvalue weighted by atomic mass is 9.96. The number of carboxylic acids is 1. The smallest absolute Gasteiger partial charge is 0.335 e. The number of carbonyl (C=O) groups is 1. The maximum absolute atomic E-state index is 11.3. The lowest BCUT2D eigenvalue weighted by Crippen LogP contribution is -2.32. The van der Waals surface area contributed by atoms with Crippen LogP contribution in [0.4, 0.5) is 0 Å². The Balaban J connectivity index is 1.75. The van der Waals surface area contributed by atoms with Gasteiger partial charge in [-0.25, -0.2) is 4.79 Å². The molecule has 0 unspecified atom stereocenters. The molecule has 2 aromatic heterocycles. The molecule has 0 saturated carbocycles. The highest BCUT2D eigenvalue weighted by Crippen LogP contribution is 2.41. The third kappa shape index (κ3) is 4.69. The van der Waals surface area contributed by atoms with Crippen LogP contribution in [0, 0.1) is 13.8 Å². The molecule has 0 radical (unpaired) electrons. The van der Waals surface area contributed by atoms with E-state index in [4.69, 9.17) is 12.2 Å². The van der Waals surface area contributed by atoms with Crippen molar-refractivity contribution in [3.8, 4) is 5.69 Å². The number of benzene rings is 1. The Morgan fingerprint density at radius 3 is 2.53 bits per heavy atom. The van der Waals surface area contributed by atoms with Crippen LogP contribution >= 0.6 is 12.2 Å². The van der Waals surface area contributed by atoms with E-state index in [9.17, 15) is 9.90 Å². The summed E-state index contributed by atoms with van der Waals surface area (Å²) in [6.45, 7) is 6.01. The normalized spacial score (nSPS) is 17.9. The largest absolute Gasteiger partial charge is 0.478 e. The van der Waals surface area contributed by atoms with Crippen LogP contribution in [0.5, 0.6) is 0 Å². The molecule has 3 heterocycles. The van der Waals surface area contributed by atoms with Crippen LogP contribution in [0.2, 0.25) is 0 Å². The number of nitrogens with zero attached hydrogens (tertiary/aromatic N) is 4. The lowest BCUT2D eigenvalue weighted by Gasteiger charge is -2.28. The molecule has 0 spiro atoms. The van der Waals surface area contributed by atoms with Crippen LogP contribution in [-0.4, -0.2) is 62.7 Å². The first-order valence-corrected chi connectivity index (χ1v) is 11.8. The second kappa shape index (κ2) is 9.95. The van der Waals surface area contributed by atoms with Gasteiger partial charge in [0.05, 0.1) is 23.3 Å². The molecule has 3 aromatic rings. The number of aromatic nitrogens is 2. The van der Waals surface area contributed by atoms with Crippen LogP contribution in [0.15, 0.2) is 54.7 Å². The van der Waals surface area contributed by atoms with Crippen molar-refractivity contribution in [2.24, 2.45) is 0 Å². The SMILES string of the molecule is Cc1cc([C@H]2[C@H](c3ccccn3)NC(=S)N2CCCN(C)C)c(C)n1-c1ccc(C(=O)O)cc1. The summed E-state index contributed by atoms with van der Waals surface area (Å²) in [6, 6.07) is 15.1. The average molecular weight is 478 g/mol. The number of pyridine rings is 1. The van der Waals surface area contributed by atoms with E-state index < -0.39 is 5.97 Å². The van der Waals surface area contributed by atoms with E-state index in [-0.39, 0.29) is 17.6 Å². The fourth-order valence-corrected chi connectivity index (χ4v) is 5.11. The number of hydrogen-bond acceptors (Lipinski definition) is 4. The predicted molar refractivity (Wildman–Crippen MR) is 138 cm³/mol. The Morgan fingerprint density at radius 1 is 1.18 bits per heavy atom. The molecule has 178 valence electrons. The molecule has 2 N–H and O–H groups in total. The molecule has 0 bridgehead atoms. The van der Waals surface area contributed by atoms with Gasteiger partial charge in [0.2, 0.25) is 0 Å². The molecule has 0 amide bonds. The highest BCUT2D eigenvalue weighted by Gasteiger charge is 2.41. The van der Waals surface area contributed by atoms with Gasteiger partial charge in [-0.2, -0.15) is 0 Å². The summed E-state index contributed by atoms with van der Waals surface area (Å²) in [4.78, 5) is 20.4. The van der Waals surface area contributed by atoms with Gasteiger partial charge in [0, 0.05) is 29.8 Å². The zero-order chi connectivity index (χ0) is 24.4. The first-order valence-electron chi connectivity index (χ1n) is 11.4. The molecule has 4 rings (SSSR count). The van der Waals surface area contributed by atoms with Crippen LogP contribution in [-0.2, 0) is 0 Å². The molecule has 2 atom stereocenters. The van der Waals surface area contributed by atoms with Gasteiger partial charge in [-0.05, 0) is 101 Å². The maximum Gasteiger partial charge on any atom is 0.335 e. The highest BCUT2D eigenvalue weighted by molar-refractivity contribution is 7.80. The molecular weight excluding hydrogens is 446 g/mol. The quantitative estimate of drug-likeness (QED) is 0.473. The zero-order valence-electron chi connectivity index (χ0n) is 20.0. The Bertz CT molecular complexity index is 1170. The van der Waals surface area contributed by atoms with E-state index in [1.807, 2.05) is 36.5 Å². The molecule has 34 heavy (non-hydrogen) atoms. The second-order valence-electron chi connectivity index (χ2n) is 8.99. The van der Waals surface area contributed by atoms with E-state index >= 15 is 0 Å². The van der Waals surface area contributed by atoms with Gasteiger partial charge < -0.3 is 24.8 Å². The van der Waals surface area contributed by atoms with Crippen molar-refractivity contribution in [2.75, 3.05) is 27.2 Å². The fourth-order valence-electron chi connectivity index (χ4n) is 4.78. The second-order valence-corrected chi connectivity index (χ2v) is 9.38. The van der Waals surface area contributed by atoms with Gasteiger partial charge >= 0.3 is 5.97 Å². The van der Waals surface area contributed by atoms with E-state index in [0.717, 1.165) is 47.4 Å². The lowest BCUT2D eigenvalue weighted by molar-refractivity contribution is 0.0697. The van der Waals surface area contributed by atoms with Crippen LogP contribution in [0.3, 0.4) is 0 Å².